The van der Waals surface area contributed by atoms with Crippen molar-refractivity contribution in [1.29, 1.82) is 0 Å². The fourth-order valence-electron chi connectivity index (χ4n) is 10.6. The second-order valence-corrected chi connectivity index (χ2v) is 26.9. The molecule has 0 bridgehead atoms. The van der Waals surface area contributed by atoms with Crippen molar-refractivity contribution in [1.82, 2.24) is 0 Å². The number of hydrogen-bond donors (Lipinski definition) is 0. The molecule has 0 N–H and O–H groups in total. The second-order valence-electron chi connectivity index (χ2n) is 26.9. The maximum atomic E-state index is 7.59. The van der Waals surface area contributed by atoms with Gasteiger partial charge in [-0.1, -0.05) is 179 Å². The zero-order chi connectivity index (χ0) is 51.3. The van der Waals surface area contributed by atoms with Crippen molar-refractivity contribution >= 4 is 79.6 Å². The molecule has 4 heterocycles. The predicted molar refractivity (Wildman–Crippen MR) is 303 cm³/mol. The van der Waals surface area contributed by atoms with Gasteiger partial charge >= 0.3 is 6.71 Å². The molecular formula is C65H75BN2O3. The summed E-state index contributed by atoms with van der Waals surface area (Å²) in [6, 6.07) is 41.3. The fraction of sp³-hybridized carbons (Fsp3) is 0.385. The van der Waals surface area contributed by atoms with Gasteiger partial charge < -0.3 is 23.4 Å². The standard InChI is InChI=1S/C65H75BN2O3/c1-38-20-26-45(27-21-38)68-51-36-46(67(43-28-22-39(23-29-43)60(2,3)4)44-30-24-40(25-31-44)61(5,6)7)37-52-53(51)66(58-54(68)47-32-41(62(8,9)10)34-49(55(47)70-58)64(14,15)16)59-57(69-52)48-33-42(63(11,12)13)35-50(56(48)71-59)65(17,18)19/h20-37H,1-19H3. The molecule has 10 rings (SSSR count). The molecule has 0 saturated heterocycles. The Kier molecular flexibility index (Phi) is 10.9. The molecule has 0 fully saturated rings. The van der Waals surface area contributed by atoms with Crippen LogP contribution in [0.15, 0.2) is 118 Å². The third-order valence-corrected chi connectivity index (χ3v) is 15.0. The summed E-state index contributed by atoms with van der Waals surface area (Å²) < 4.78 is 22.6. The Morgan fingerprint density at radius 2 is 0.887 bits per heavy atom. The van der Waals surface area contributed by atoms with E-state index in [4.69, 9.17) is 13.6 Å². The van der Waals surface area contributed by atoms with Crippen LogP contribution in [0, 0.1) is 6.92 Å². The number of furan rings is 2. The summed E-state index contributed by atoms with van der Waals surface area (Å²) in [5, 5.41) is 2.09. The average Bonchev–Trinajstić information content (AvgIpc) is 3.83. The number of aryl methyl sites for hydroxylation is 1. The van der Waals surface area contributed by atoms with Crippen molar-refractivity contribution < 1.29 is 13.6 Å². The Balaban J connectivity index is 1.36. The van der Waals surface area contributed by atoms with Gasteiger partial charge in [-0.2, -0.15) is 0 Å². The lowest BCUT2D eigenvalue weighted by atomic mass is 9.38. The summed E-state index contributed by atoms with van der Waals surface area (Å²) in [5.74, 6) is 1.54. The van der Waals surface area contributed by atoms with E-state index in [0.29, 0.717) is 0 Å². The number of nitrogens with zero attached hydrogens (tertiary/aromatic N) is 2. The van der Waals surface area contributed by atoms with Gasteiger partial charge in [-0.25, -0.2) is 0 Å². The van der Waals surface area contributed by atoms with E-state index in [2.05, 4.69) is 251 Å². The van der Waals surface area contributed by atoms with Crippen LogP contribution in [0.4, 0.5) is 34.1 Å². The molecule has 366 valence electrons. The van der Waals surface area contributed by atoms with E-state index in [-0.39, 0.29) is 32.5 Å². The SMILES string of the molecule is Cc1ccc(N2c3cc(N(c4ccc(C(C)(C)C)cc4)c4ccc(C(C)(C)C)cc4)cc4c3B(c3oc5c(C(C)(C)C)cc(C(C)(C)C)cc5c3O4)c3oc4c(C(C)(C)C)cc(C(C)(C)C)cc4c32)cc1. The Labute approximate surface area is 424 Å². The average molecular weight is 943 g/mol. The molecule has 0 spiro atoms. The highest BCUT2D eigenvalue weighted by Crippen LogP contribution is 2.52. The van der Waals surface area contributed by atoms with Gasteiger partial charge in [0.2, 0.25) is 0 Å². The molecule has 8 aromatic rings. The van der Waals surface area contributed by atoms with Crippen LogP contribution >= 0.6 is 0 Å². The molecule has 0 amide bonds. The minimum absolute atomic E-state index is 0.000665. The van der Waals surface area contributed by atoms with Crippen LogP contribution in [-0.4, -0.2) is 6.71 Å². The molecule has 0 aliphatic carbocycles. The summed E-state index contributed by atoms with van der Waals surface area (Å²) in [4.78, 5) is 4.86. The second kappa shape index (κ2) is 15.9. The van der Waals surface area contributed by atoms with E-state index in [1.165, 1.54) is 38.9 Å². The van der Waals surface area contributed by atoms with E-state index >= 15 is 0 Å². The highest BCUT2D eigenvalue weighted by atomic mass is 16.5. The molecule has 71 heavy (non-hydrogen) atoms. The number of benzene rings is 6. The lowest BCUT2D eigenvalue weighted by Gasteiger charge is -2.38. The van der Waals surface area contributed by atoms with Crippen molar-refractivity contribution in [3.05, 3.63) is 148 Å². The quantitative estimate of drug-likeness (QED) is 0.165. The molecular weight excluding hydrogens is 868 g/mol. The Bertz CT molecular complexity index is 3320. The van der Waals surface area contributed by atoms with Gasteiger partial charge in [0, 0.05) is 50.8 Å². The Morgan fingerprint density at radius 1 is 0.437 bits per heavy atom. The summed E-state index contributed by atoms with van der Waals surface area (Å²) in [7, 11) is 0. The summed E-state index contributed by atoms with van der Waals surface area (Å²) in [5.41, 5.74) is 18.7. The number of rotatable bonds is 4. The molecule has 0 unspecified atom stereocenters. The first-order valence-electron chi connectivity index (χ1n) is 25.9. The third-order valence-electron chi connectivity index (χ3n) is 15.0. The zero-order valence-corrected chi connectivity index (χ0v) is 46.1. The maximum Gasteiger partial charge on any atom is 0.346 e. The number of anilines is 6. The predicted octanol–water partition coefficient (Wildman–Crippen LogP) is 17.1. The first-order valence-corrected chi connectivity index (χ1v) is 25.9. The van der Waals surface area contributed by atoms with E-state index in [1.54, 1.807) is 0 Å². The summed E-state index contributed by atoms with van der Waals surface area (Å²) in [6.07, 6.45) is 0. The normalized spacial score (nSPS) is 14.2. The Morgan fingerprint density at radius 3 is 1.35 bits per heavy atom. The van der Waals surface area contributed by atoms with Gasteiger partial charge in [0.15, 0.2) is 5.75 Å². The minimum atomic E-state index is -0.406. The molecule has 2 aliphatic rings. The van der Waals surface area contributed by atoms with E-state index in [1.807, 2.05) is 0 Å². The first-order chi connectivity index (χ1) is 32.9. The van der Waals surface area contributed by atoms with E-state index in [9.17, 15) is 0 Å². The molecule has 0 radical (unpaired) electrons. The topological polar surface area (TPSA) is 42.0 Å². The van der Waals surface area contributed by atoms with Crippen molar-refractivity contribution in [2.45, 2.75) is 164 Å². The molecule has 6 aromatic carbocycles. The van der Waals surface area contributed by atoms with Crippen LogP contribution in [0.2, 0.25) is 0 Å². The van der Waals surface area contributed by atoms with Gasteiger partial charge in [0.1, 0.15) is 28.2 Å². The fourth-order valence-corrected chi connectivity index (χ4v) is 10.6. The van der Waals surface area contributed by atoms with Crippen LogP contribution in [0.25, 0.3) is 21.9 Å². The van der Waals surface area contributed by atoms with Crippen molar-refractivity contribution in [3.63, 3.8) is 0 Å². The maximum absolute atomic E-state index is 7.59. The van der Waals surface area contributed by atoms with Crippen LogP contribution in [0.3, 0.4) is 0 Å². The minimum Gasteiger partial charge on any atom is -0.468 e. The van der Waals surface area contributed by atoms with Gasteiger partial charge in [-0.05, 0) is 116 Å². The highest BCUT2D eigenvalue weighted by Gasteiger charge is 2.50. The smallest absolute Gasteiger partial charge is 0.346 e. The zero-order valence-electron chi connectivity index (χ0n) is 46.1. The van der Waals surface area contributed by atoms with Crippen molar-refractivity contribution in [2.24, 2.45) is 0 Å². The largest absolute Gasteiger partial charge is 0.468 e. The lowest BCUT2D eigenvalue weighted by molar-refractivity contribution is 0.481. The van der Waals surface area contributed by atoms with Crippen LogP contribution in [0.5, 0.6) is 11.5 Å². The van der Waals surface area contributed by atoms with Gasteiger partial charge in [0.25, 0.3) is 0 Å². The van der Waals surface area contributed by atoms with Crippen molar-refractivity contribution in [2.75, 3.05) is 9.80 Å². The molecule has 0 atom stereocenters. The monoisotopic (exact) mass is 943 g/mol. The van der Waals surface area contributed by atoms with Crippen molar-refractivity contribution in [3.8, 4) is 11.5 Å². The number of ether oxygens (including phenoxy) is 1. The molecule has 2 aliphatic heterocycles. The molecule has 0 saturated carbocycles. The summed E-state index contributed by atoms with van der Waals surface area (Å²) >= 11 is 0. The number of fused-ring (bicyclic) bond motifs is 8. The van der Waals surface area contributed by atoms with Crippen LogP contribution in [0.1, 0.15) is 164 Å². The van der Waals surface area contributed by atoms with Gasteiger partial charge in [-0.3, -0.25) is 0 Å². The summed E-state index contributed by atoms with van der Waals surface area (Å²) in [6.45, 7) is 43.0. The highest BCUT2D eigenvalue weighted by molar-refractivity contribution is 6.98. The Hall–Kier alpha value is -6.14. The molecule has 6 heteroatoms. The van der Waals surface area contributed by atoms with Crippen LogP contribution in [-0.2, 0) is 32.5 Å². The van der Waals surface area contributed by atoms with Gasteiger partial charge in [0.05, 0.1) is 16.8 Å². The van der Waals surface area contributed by atoms with E-state index in [0.717, 1.165) is 84.3 Å². The molecule has 5 nitrogen and oxygen atoms in total. The van der Waals surface area contributed by atoms with Gasteiger partial charge in [-0.15, -0.1) is 0 Å². The lowest BCUT2D eigenvalue weighted by Crippen LogP contribution is -2.58. The first kappa shape index (κ1) is 48.5. The third kappa shape index (κ3) is 8.28. The molecule has 2 aromatic heterocycles. The number of hydrogen-bond acceptors (Lipinski definition) is 5. The van der Waals surface area contributed by atoms with Crippen LogP contribution < -0.4 is 31.3 Å². The van der Waals surface area contributed by atoms with E-state index < -0.39 is 6.71 Å².